The highest BCUT2D eigenvalue weighted by molar-refractivity contribution is 5.69. The van der Waals surface area contributed by atoms with E-state index in [1.807, 2.05) is 36.4 Å². The van der Waals surface area contributed by atoms with Crippen LogP contribution >= 0.6 is 0 Å². The maximum Gasteiger partial charge on any atom is 0.308 e. The third-order valence-corrected chi connectivity index (χ3v) is 3.06. The zero-order chi connectivity index (χ0) is 14.4. The summed E-state index contributed by atoms with van der Waals surface area (Å²) < 4.78 is 5.08. The molecule has 0 saturated carbocycles. The zero-order valence-electron chi connectivity index (χ0n) is 11.6. The molecule has 0 aromatic heterocycles. The second-order valence-corrected chi connectivity index (χ2v) is 4.71. The molecule has 102 valence electrons. The molecule has 20 heavy (non-hydrogen) atoms. The van der Waals surface area contributed by atoms with Crippen molar-refractivity contribution in [1.82, 2.24) is 0 Å². The molecule has 0 aliphatic rings. The van der Waals surface area contributed by atoms with Crippen LogP contribution in [0.3, 0.4) is 0 Å². The third kappa shape index (κ3) is 4.09. The number of benzene rings is 2. The van der Waals surface area contributed by atoms with Crippen LogP contribution in [0.15, 0.2) is 61.2 Å². The monoisotopic (exact) mass is 266 g/mol. The van der Waals surface area contributed by atoms with E-state index in [0.29, 0.717) is 5.75 Å². The summed E-state index contributed by atoms with van der Waals surface area (Å²) in [5.41, 5.74) is 3.42. The number of rotatable bonds is 5. The number of aryl methyl sites for hydroxylation is 1. The average Bonchev–Trinajstić information content (AvgIpc) is 2.45. The standard InChI is InChI=1S/C18H18O2/c1-14(17-8-4-3-5-9-17)11-12-16-7-6-10-18(13-16)20-15(2)19/h3-10,13H,1,11-12H2,2H3. The Morgan fingerprint density at radius 1 is 1.10 bits per heavy atom. The van der Waals surface area contributed by atoms with Gasteiger partial charge in [0.25, 0.3) is 0 Å². The number of hydrogen-bond acceptors (Lipinski definition) is 2. The normalized spacial score (nSPS) is 10.1. The third-order valence-electron chi connectivity index (χ3n) is 3.06. The van der Waals surface area contributed by atoms with Gasteiger partial charge in [-0.05, 0) is 41.7 Å². The molecule has 0 N–H and O–H groups in total. The van der Waals surface area contributed by atoms with Gasteiger partial charge in [0.1, 0.15) is 5.75 Å². The number of ether oxygens (including phenoxy) is 1. The molecule has 0 bridgehead atoms. The van der Waals surface area contributed by atoms with Crippen molar-refractivity contribution in [2.45, 2.75) is 19.8 Å². The fourth-order valence-electron chi connectivity index (χ4n) is 2.04. The number of allylic oxidation sites excluding steroid dienone is 1. The highest BCUT2D eigenvalue weighted by Gasteiger charge is 2.02. The first kappa shape index (κ1) is 14.1. The van der Waals surface area contributed by atoms with Crippen molar-refractivity contribution in [2.75, 3.05) is 0 Å². The lowest BCUT2D eigenvalue weighted by Crippen LogP contribution is -2.01. The molecule has 0 radical (unpaired) electrons. The van der Waals surface area contributed by atoms with Gasteiger partial charge >= 0.3 is 5.97 Å². The van der Waals surface area contributed by atoms with Crippen molar-refractivity contribution in [3.05, 3.63) is 72.3 Å². The van der Waals surface area contributed by atoms with Gasteiger partial charge in [0.05, 0.1) is 0 Å². The molecule has 0 heterocycles. The van der Waals surface area contributed by atoms with E-state index in [4.69, 9.17) is 4.74 Å². The van der Waals surface area contributed by atoms with Crippen LogP contribution in [-0.4, -0.2) is 5.97 Å². The van der Waals surface area contributed by atoms with Gasteiger partial charge in [-0.1, -0.05) is 49.0 Å². The maximum atomic E-state index is 10.9. The Morgan fingerprint density at radius 2 is 1.85 bits per heavy atom. The second kappa shape index (κ2) is 6.71. The van der Waals surface area contributed by atoms with Gasteiger partial charge in [-0.15, -0.1) is 0 Å². The van der Waals surface area contributed by atoms with Crippen molar-refractivity contribution in [2.24, 2.45) is 0 Å². The van der Waals surface area contributed by atoms with Crippen molar-refractivity contribution in [3.8, 4) is 5.75 Å². The van der Waals surface area contributed by atoms with Crippen LogP contribution in [0, 0.1) is 0 Å². The summed E-state index contributed by atoms with van der Waals surface area (Å²) in [6, 6.07) is 17.8. The Kier molecular flexibility index (Phi) is 4.72. The van der Waals surface area contributed by atoms with Gasteiger partial charge in [0.2, 0.25) is 0 Å². The average molecular weight is 266 g/mol. The minimum atomic E-state index is -0.296. The predicted molar refractivity (Wildman–Crippen MR) is 81.5 cm³/mol. The Bertz CT molecular complexity index is 600. The smallest absolute Gasteiger partial charge is 0.308 e. The summed E-state index contributed by atoms with van der Waals surface area (Å²) in [7, 11) is 0. The van der Waals surface area contributed by atoms with Crippen LogP contribution in [0.1, 0.15) is 24.5 Å². The minimum Gasteiger partial charge on any atom is -0.427 e. The number of carbonyl (C=O) groups is 1. The van der Waals surface area contributed by atoms with E-state index in [-0.39, 0.29) is 5.97 Å². The Hall–Kier alpha value is -2.35. The van der Waals surface area contributed by atoms with E-state index in [9.17, 15) is 4.79 Å². The van der Waals surface area contributed by atoms with E-state index in [1.54, 1.807) is 6.07 Å². The topological polar surface area (TPSA) is 26.3 Å². The molecule has 0 atom stereocenters. The maximum absolute atomic E-state index is 10.9. The Labute approximate surface area is 119 Å². The molecule has 2 nitrogen and oxygen atoms in total. The molecule has 2 aromatic rings. The summed E-state index contributed by atoms with van der Waals surface area (Å²) in [5.74, 6) is 0.302. The molecule has 0 spiro atoms. The van der Waals surface area contributed by atoms with Crippen molar-refractivity contribution in [1.29, 1.82) is 0 Å². The Morgan fingerprint density at radius 3 is 2.55 bits per heavy atom. The van der Waals surface area contributed by atoms with Crippen LogP contribution < -0.4 is 4.74 Å². The fourth-order valence-corrected chi connectivity index (χ4v) is 2.04. The molecule has 2 heteroatoms. The number of hydrogen-bond donors (Lipinski definition) is 0. The molecule has 0 aliphatic carbocycles. The Balaban J connectivity index is 1.97. The highest BCUT2D eigenvalue weighted by Crippen LogP contribution is 2.20. The van der Waals surface area contributed by atoms with Crippen LogP contribution in [0.2, 0.25) is 0 Å². The lowest BCUT2D eigenvalue weighted by molar-refractivity contribution is -0.131. The largest absolute Gasteiger partial charge is 0.427 e. The minimum absolute atomic E-state index is 0.296. The summed E-state index contributed by atoms with van der Waals surface area (Å²) >= 11 is 0. The van der Waals surface area contributed by atoms with Gasteiger partial charge < -0.3 is 4.74 Å². The van der Waals surface area contributed by atoms with Crippen molar-refractivity contribution >= 4 is 11.5 Å². The van der Waals surface area contributed by atoms with Crippen molar-refractivity contribution < 1.29 is 9.53 Å². The van der Waals surface area contributed by atoms with Crippen LogP contribution in [0.4, 0.5) is 0 Å². The summed E-state index contributed by atoms with van der Waals surface area (Å²) in [6.07, 6.45) is 1.76. The molecule has 0 unspecified atom stereocenters. The van der Waals surface area contributed by atoms with Gasteiger partial charge in [0.15, 0.2) is 0 Å². The summed E-state index contributed by atoms with van der Waals surface area (Å²) in [5, 5.41) is 0. The fraction of sp³-hybridized carbons (Fsp3) is 0.167. The van der Waals surface area contributed by atoms with Gasteiger partial charge in [-0.2, -0.15) is 0 Å². The van der Waals surface area contributed by atoms with Crippen molar-refractivity contribution in [3.63, 3.8) is 0 Å². The summed E-state index contributed by atoms with van der Waals surface area (Å²) in [4.78, 5) is 10.9. The predicted octanol–water partition coefficient (Wildman–Crippen LogP) is 4.26. The molecule has 0 saturated heterocycles. The molecular formula is C18H18O2. The number of carbonyl (C=O) groups excluding carboxylic acids is 1. The lowest BCUT2D eigenvalue weighted by Gasteiger charge is -2.07. The molecule has 0 amide bonds. The van der Waals surface area contributed by atoms with Crippen LogP contribution in [-0.2, 0) is 11.2 Å². The molecular weight excluding hydrogens is 248 g/mol. The van der Waals surface area contributed by atoms with Gasteiger partial charge in [-0.3, -0.25) is 4.79 Å². The number of esters is 1. The van der Waals surface area contributed by atoms with E-state index < -0.39 is 0 Å². The van der Waals surface area contributed by atoms with E-state index in [1.165, 1.54) is 12.5 Å². The molecule has 0 fully saturated rings. The van der Waals surface area contributed by atoms with Gasteiger partial charge in [-0.25, -0.2) is 0 Å². The van der Waals surface area contributed by atoms with E-state index in [0.717, 1.165) is 24.0 Å². The SMILES string of the molecule is C=C(CCc1cccc(OC(C)=O)c1)c1ccccc1. The molecule has 0 aliphatic heterocycles. The lowest BCUT2D eigenvalue weighted by atomic mass is 10.00. The second-order valence-electron chi connectivity index (χ2n) is 4.71. The molecule has 2 rings (SSSR count). The van der Waals surface area contributed by atoms with E-state index in [2.05, 4.69) is 18.7 Å². The quantitative estimate of drug-likeness (QED) is 0.597. The first-order valence-corrected chi connectivity index (χ1v) is 6.66. The van der Waals surface area contributed by atoms with E-state index >= 15 is 0 Å². The van der Waals surface area contributed by atoms with Crippen LogP contribution in [0.5, 0.6) is 5.75 Å². The highest BCUT2D eigenvalue weighted by atomic mass is 16.5. The first-order valence-electron chi connectivity index (χ1n) is 6.66. The van der Waals surface area contributed by atoms with Crippen LogP contribution in [0.25, 0.3) is 5.57 Å². The first-order chi connectivity index (χ1) is 9.65. The summed E-state index contributed by atoms with van der Waals surface area (Å²) in [6.45, 7) is 5.53. The zero-order valence-corrected chi connectivity index (χ0v) is 11.6. The molecule has 2 aromatic carbocycles. The van der Waals surface area contributed by atoms with Gasteiger partial charge in [0, 0.05) is 6.92 Å².